The first-order valence-corrected chi connectivity index (χ1v) is 11.5. The lowest BCUT2D eigenvalue weighted by molar-refractivity contribution is 0.402. The highest BCUT2D eigenvalue weighted by Gasteiger charge is 2.27. The highest BCUT2D eigenvalue weighted by Crippen LogP contribution is 2.39. The zero-order chi connectivity index (χ0) is 21.4. The molecule has 3 rings (SSSR count). The topological polar surface area (TPSA) is 0 Å². The van der Waals surface area contributed by atoms with Crippen molar-refractivity contribution >= 4 is 0 Å². The van der Waals surface area contributed by atoms with Crippen LogP contribution < -0.4 is 0 Å². The van der Waals surface area contributed by atoms with Crippen molar-refractivity contribution in [1.29, 1.82) is 0 Å². The summed E-state index contributed by atoms with van der Waals surface area (Å²) in [7, 11) is 0. The maximum absolute atomic E-state index is 14.2. The second kappa shape index (κ2) is 10.7. The van der Waals surface area contributed by atoms with Crippen molar-refractivity contribution in [3.05, 3.63) is 95.1 Å². The lowest BCUT2D eigenvalue weighted by atomic mass is 9.73. The summed E-state index contributed by atoms with van der Waals surface area (Å²) in [5.74, 6) is -1.72. The molecule has 2 heteroatoms. The summed E-state index contributed by atoms with van der Waals surface area (Å²) in [4.78, 5) is 0. The number of allylic oxidation sites excluding steroid dienone is 4. The summed E-state index contributed by atoms with van der Waals surface area (Å²) >= 11 is 0. The van der Waals surface area contributed by atoms with Crippen LogP contribution in [0.2, 0.25) is 0 Å². The SMILES string of the molecule is CCCCCc1ccc(CCC2(CCC)C=CC(c3cccc(F)c3F)C=C2)cc1. The Morgan fingerprint density at radius 2 is 1.43 bits per heavy atom. The van der Waals surface area contributed by atoms with Gasteiger partial charge in [-0.25, -0.2) is 8.78 Å². The number of unbranched alkanes of at least 4 members (excludes halogenated alkanes) is 2. The van der Waals surface area contributed by atoms with Crippen LogP contribution >= 0.6 is 0 Å². The van der Waals surface area contributed by atoms with E-state index < -0.39 is 11.6 Å². The molecule has 1 aliphatic rings. The van der Waals surface area contributed by atoms with E-state index in [1.54, 1.807) is 12.1 Å². The van der Waals surface area contributed by atoms with Gasteiger partial charge < -0.3 is 0 Å². The van der Waals surface area contributed by atoms with Gasteiger partial charge in [0.1, 0.15) is 0 Å². The molecule has 0 N–H and O–H groups in total. The molecular weight excluding hydrogens is 374 g/mol. The molecule has 0 atom stereocenters. The number of rotatable bonds is 10. The Hall–Kier alpha value is -2.22. The van der Waals surface area contributed by atoms with E-state index in [0.717, 1.165) is 32.1 Å². The summed E-state index contributed by atoms with van der Waals surface area (Å²) in [5, 5.41) is 0. The Morgan fingerprint density at radius 1 is 0.767 bits per heavy atom. The molecule has 1 aliphatic carbocycles. The van der Waals surface area contributed by atoms with E-state index in [2.05, 4.69) is 50.3 Å². The third kappa shape index (κ3) is 5.68. The van der Waals surface area contributed by atoms with Crippen molar-refractivity contribution < 1.29 is 8.78 Å². The van der Waals surface area contributed by atoms with E-state index in [0.29, 0.717) is 5.56 Å². The van der Waals surface area contributed by atoms with Crippen molar-refractivity contribution in [2.75, 3.05) is 0 Å². The average Bonchev–Trinajstić information content (AvgIpc) is 2.76. The zero-order valence-corrected chi connectivity index (χ0v) is 18.3. The fourth-order valence-electron chi connectivity index (χ4n) is 4.45. The molecule has 0 aliphatic heterocycles. The predicted molar refractivity (Wildman–Crippen MR) is 123 cm³/mol. The summed E-state index contributed by atoms with van der Waals surface area (Å²) in [5.41, 5.74) is 3.19. The normalized spacial score (nSPS) is 20.6. The van der Waals surface area contributed by atoms with Crippen LogP contribution in [-0.4, -0.2) is 0 Å². The van der Waals surface area contributed by atoms with Gasteiger partial charge in [-0.2, -0.15) is 0 Å². The monoisotopic (exact) mass is 408 g/mol. The van der Waals surface area contributed by atoms with Crippen LogP contribution in [-0.2, 0) is 12.8 Å². The van der Waals surface area contributed by atoms with Crippen molar-refractivity contribution in [2.45, 2.75) is 71.1 Å². The third-order valence-electron chi connectivity index (χ3n) is 6.30. The van der Waals surface area contributed by atoms with Crippen molar-refractivity contribution in [3.63, 3.8) is 0 Å². The highest BCUT2D eigenvalue weighted by molar-refractivity contribution is 5.36. The Bertz CT molecular complexity index is 847. The lowest BCUT2D eigenvalue weighted by Crippen LogP contribution is -2.19. The van der Waals surface area contributed by atoms with Gasteiger partial charge in [0, 0.05) is 16.9 Å². The molecule has 0 radical (unpaired) electrons. The molecule has 0 amide bonds. The van der Waals surface area contributed by atoms with E-state index in [-0.39, 0.29) is 11.3 Å². The summed E-state index contributed by atoms with van der Waals surface area (Å²) in [6, 6.07) is 13.5. The number of hydrogen-bond acceptors (Lipinski definition) is 0. The van der Waals surface area contributed by atoms with Gasteiger partial charge in [0.25, 0.3) is 0 Å². The molecule has 2 aromatic carbocycles. The maximum atomic E-state index is 14.2. The van der Waals surface area contributed by atoms with Crippen LogP contribution in [0.3, 0.4) is 0 Å². The largest absolute Gasteiger partial charge is 0.204 e. The van der Waals surface area contributed by atoms with Gasteiger partial charge in [-0.05, 0) is 49.3 Å². The number of hydrogen-bond donors (Lipinski definition) is 0. The zero-order valence-electron chi connectivity index (χ0n) is 18.3. The molecule has 160 valence electrons. The second-order valence-electron chi connectivity index (χ2n) is 8.64. The smallest absolute Gasteiger partial charge is 0.162 e. The molecular formula is C28H34F2. The fraction of sp³-hybridized carbons (Fsp3) is 0.429. The Morgan fingerprint density at radius 3 is 2.07 bits per heavy atom. The first-order chi connectivity index (χ1) is 14.6. The molecule has 2 aromatic rings. The summed E-state index contributed by atoms with van der Waals surface area (Å²) < 4.78 is 27.8. The van der Waals surface area contributed by atoms with Crippen molar-refractivity contribution in [1.82, 2.24) is 0 Å². The standard InChI is InChI=1S/C28H34F2/c1-3-5-6-8-22-11-13-23(14-12-22)15-19-28(18-4-2)20-16-24(17-21-28)25-9-7-10-26(29)27(25)30/h7,9-14,16-17,20-21,24H,3-6,8,15,18-19H2,1-2H3. The molecule has 0 nitrogen and oxygen atoms in total. The molecule has 0 saturated carbocycles. The minimum atomic E-state index is -0.780. The highest BCUT2D eigenvalue weighted by atomic mass is 19.2. The quantitative estimate of drug-likeness (QED) is 0.274. The predicted octanol–water partition coefficient (Wildman–Crippen LogP) is 8.33. The van der Waals surface area contributed by atoms with E-state index in [1.165, 1.54) is 36.5 Å². The molecule has 0 unspecified atom stereocenters. The average molecular weight is 409 g/mol. The van der Waals surface area contributed by atoms with Crippen molar-refractivity contribution in [3.8, 4) is 0 Å². The fourth-order valence-corrected chi connectivity index (χ4v) is 4.45. The van der Waals surface area contributed by atoms with Gasteiger partial charge in [-0.3, -0.25) is 0 Å². The van der Waals surface area contributed by atoms with Crippen LogP contribution in [0.15, 0.2) is 66.8 Å². The minimum absolute atomic E-state index is 0.00511. The molecule has 0 heterocycles. The van der Waals surface area contributed by atoms with E-state index in [1.807, 2.05) is 12.2 Å². The summed E-state index contributed by atoms with van der Waals surface area (Å²) in [6.45, 7) is 4.44. The van der Waals surface area contributed by atoms with E-state index >= 15 is 0 Å². The molecule has 0 fully saturated rings. The number of benzene rings is 2. The van der Waals surface area contributed by atoms with E-state index in [4.69, 9.17) is 0 Å². The van der Waals surface area contributed by atoms with Crippen LogP contribution in [0.5, 0.6) is 0 Å². The van der Waals surface area contributed by atoms with Crippen molar-refractivity contribution in [2.24, 2.45) is 5.41 Å². The molecule has 0 saturated heterocycles. The maximum Gasteiger partial charge on any atom is 0.162 e. The third-order valence-corrected chi connectivity index (χ3v) is 6.30. The number of halogens is 2. The Kier molecular flexibility index (Phi) is 8.01. The second-order valence-corrected chi connectivity index (χ2v) is 8.64. The lowest BCUT2D eigenvalue weighted by Gasteiger charge is -2.31. The molecule has 0 bridgehead atoms. The Labute approximate surface area is 180 Å². The van der Waals surface area contributed by atoms with Gasteiger partial charge >= 0.3 is 0 Å². The van der Waals surface area contributed by atoms with Gasteiger partial charge in [-0.1, -0.05) is 93.8 Å². The van der Waals surface area contributed by atoms with Crippen LogP contribution in [0.4, 0.5) is 8.78 Å². The number of aryl methyl sites for hydroxylation is 2. The van der Waals surface area contributed by atoms with Gasteiger partial charge in [0.05, 0.1) is 0 Å². The minimum Gasteiger partial charge on any atom is -0.204 e. The Balaban J connectivity index is 1.65. The van der Waals surface area contributed by atoms with E-state index in [9.17, 15) is 8.78 Å². The van der Waals surface area contributed by atoms with Gasteiger partial charge in [-0.15, -0.1) is 0 Å². The van der Waals surface area contributed by atoms with Crippen LogP contribution in [0.25, 0.3) is 0 Å². The first kappa shape index (κ1) is 22.5. The molecule has 0 spiro atoms. The first-order valence-electron chi connectivity index (χ1n) is 11.5. The van der Waals surface area contributed by atoms with Gasteiger partial charge in [0.2, 0.25) is 0 Å². The molecule has 0 aromatic heterocycles. The van der Waals surface area contributed by atoms with Gasteiger partial charge in [0.15, 0.2) is 11.6 Å². The summed E-state index contributed by atoms with van der Waals surface area (Å²) in [6.07, 6.45) is 17.7. The van der Waals surface area contributed by atoms with Crippen LogP contribution in [0.1, 0.15) is 75.0 Å². The van der Waals surface area contributed by atoms with Crippen LogP contribution in [0, 0.1) is 17.0 Å². The molecule has 30 heavy (non-hydrogen) atoms.